The Morgan fingerprint density at radius 2 is 1.33 bits per heavy atom. The van der Waals surface area contributed by atoms with E-state index in [2.05, 4.69) is 61.8 Å². The zero-order valence-electron chi connectivity index (χ0n) is 20.0. The van der Waals surface area contributed by atoms with Crippen molar-refractivity contribution in [1.82, 2.24) is 4.90 Å². The van der Waals surface area contributed by atoms with Gasteiger partial charge in [-0.1, -0.05) is 71.6 Å². The van der Waals surface area contributed by atoms with Crippen LogP contribution in [0.15, 0.2) is 24.3 Å². The molecule has 0 N–H and O–H groups in total. The fourth-order valence-corrected chi connectivity index (χ4v) is 7.14. The molecule has 30 heavy (non-hydrogen) atoms. The van der Waals surface area contributed by atoms with E-state index in [0.29, 0.717) is 16.7 Å². The maximum Gasteiger partial charge on any atom is 0.0402 e. The van der Waals surface area contributed by atoms with Crippen LogP contribution < -0.4 is 4.90 Å². The summed E-state index contributed by atoms with van der Waals surface area (Å²) in [6.07, 6.45) is 12.7. The Morgan fingerprint density at radius 3 is 1.93 bits per heavy atom. The zero-order chi connectivity index (χ0) is 20.5. The van der Waals surface area contributed by atoms with Gasteiger partial charge in [0.25, 0.3) is 0 Å². The summed E-state index contributed by atoms with van der Waals surface area (Å²) in [5.41, 5.74) is 4.04. The van der Waals surface area contributed by atoms with Gasteiger partial charge in [-0.25, -0.2) is 0 Å². The van der Waals surface area contributed by atoms with Crippen molar-refractivity contribution in [3.05, 3.63) is 29.8 Å². The van der Waals surface area contributed by atoms with Gasteiger partial charge in [-0.15, -0.1) is 12.4 Å². The lowest BCUT2D eigenvalue weighted by molar-refractivity contribution is 0.0969. The number of halogens is 1. The number of anilines is 1. The second kappa shape index (κ2) is 9.82. The number of hydrogen-bond donors (Lipinski definition) is 0. The number of para-hydroxylation sites is 1. The van der Waals surface area contributed by atoms with Gasteiger partial charge in [-0.3, -0.25) is 4.90 Å². The summed E-state index contributed by atoms with van der Waals surface area (Å²) in [5.74, 6) is 0.699. The number of nitrogens with zero attached hydrogens (tertiary/aromatic N) is 2. The summed E-state index contributed by atoms with van der Waals surface area (Å²) in [4.78, 5) is 5.52. The molecule has 0 unspecified atom stereocenters. The van der Waals surface area contributed by atoms with Crippen molar-refractivity contribution in [3.8, 4) is 0 Å². The zero-order valence-corrected chi connectivity index (χ0v) is 20.8. The number of rotatable bonds is 3. The van der Waals surface area contributed by atoms with Gasteiger partial charge in [0.05, 0.1) is 0 Å². The lowest BCUT2D eigenvalue weighted by Gasteiger charge is -2.46. The molecule has 0 bridgehead atoms. The van der Waals surface area contributed by atoms with Crippen molar-refractivity contribution in [1.29, 1.82) is 0 Å². The van der Waals surface area contributed by atoms with E-state index in [1.807, 2.05) is 0 Å². The molecule has 0 radical (unpaired) electrons. The Hall–Kier alpha value is -0.730. The Kier molecular flexibility index (Phi) is 7.83. The first-order chi connectivity index (χ1) is 13.8. The van der Waals surface area contributed by atoms with Crippen molar-refractivity contribution >= 4 is 18.1 Å². The summed E-state index contributed by atoms with van der Waals surface area (Å²) in [5, 5.41) is 0. The Morgan fingerprint density at radius 1 is 0.767 bits per heavy atom. The van der Waals surface area contributed by atoms with Crippen LogP contribution in [0.3, 0.4) is 0 Å². The maximum atomic E-state index is 2.82. The Bertz CT molecular complexity index is 651. The summed E-state index contributed by atoms with van der Waals surface area (Å²) >= 11 is 0. The first-order valence-corrected chi connectivity index (χ1v) is 12.4. The minimum atomic E-state index is 0. The van der Waals surface area contributed by atoms with E-state index in [9.17, 15) is 0 Å². The van der Waals surface area contributed by atoms with Crippen molar-refractivity contribution in [2.24, 2.45) is 10.8 Å². The van der Waals surface area contributed by atoms with Gasteiger partial charge >= 0.3 is 0 Å². The maximum absolute atomic E-state index is 2.82. The van der Waals surface area contributed by atoms with Gasteiger partial charge in [0.2, 0.25) is 0 Å². The molecule has 4 rings (SSSR count). The predicted octanol–water partition coefficient (Wildman–Crippen LogP) is 7.27. The second-order valence-corrected chi connectivity index (χ2v) is 11.8. The van der Waals surface area contributed by atoms with E-state index in [0.717, 1.165) is 6.04 Å². The molecular formula is C27H45ClN2. The third-order valence-electron chi connectivity index (χ3n) is 7.93. The van der Waals surface area contributed by atoms with Crippen LogP contribution in [0.1, 0.15) is 97.0 Å². The minimum Gasteiger partial charge on any atom is -0.369 e. The molecule has 1 aromatic carbocycles. The summed E-state index contributed by atoms with van der Waals surface area (Å²) in [7, 11) is 0. The third-order valence-corrected chi connectivity index (χ3v) is 7.93. The number of piperazine rings is 1. The minimum absolute atomic E-state index is 0. The summed E-state index contributed by atoms with van der Waals surface area (Å²) in [6.45, 7) is 14.8. The third kappa shape index (κ3) is 5.74. The summed E-state index contributed by atoms with van der Waals surface area (Å²) < 4.78 is 0. The molecule has 3 heteroatoms. The molecule has 0 amide bonds. The van der Waals surface area contributed by atoms with Crippen molar-refractivity contribution in [2.45, 2.75) is 97.4 Å². The first kappa shape index (κ1) is 23.9. The van der Waals surface area contributed by atoms with Crippen molar-refractivity contribution in [2.75, 3.05) is 31.1 Å². The molecule has 2 aliphatic carbocycles. The van der Waals surface area contributed by atoms with Gasteiger partial charge in [0.1, 0.15) is 0 Å². The Balaban J connectivity index is 0.00000256. The van der Waals surface area contributed by atoms with Crippen LogP contribution in [0.25, 0.3) is 0 Å². The van der Waals surface area contributed by atoms with E-state index < -0.39 is 0 Å². The van der Waals surface area contributed by atoms with E-state index in [1.165, 1.54) is 89.7 Å². The quantitative estimate of drug-likeness (QED) is 0.463. The fraction of sp³-hybridized carbons (Fsp3) is 0.778. The lowest BCUT2D eigenvalue weighted by atomic mass is 9.60. The average molecular weight is 433 g/mol. The number of hydrogen-bond acceptors (Lipinski definition) is 2. The molecule has 3 aliphatic rings. The second-order valence-electron chi connectivity index (χ2n) is 11.8. The molecule has 3 fully saturated rings. The normalized spacial score (nSPS) is 26.1. The molecule has 170 valence electrons. The van der Waals surface area contributed by atoms with E-state index in [4.69, 9.17) is 0 Å². The molecule has 2 nitrogen and oxygen atoms in total. The Labute approximate surface area is 192 Å². The average Bonchev–Trinajstić information content (AvgIpc) is 2.95. The monoisotopic (exact) mass is 432 g/mol. The van der Waals surface area contributed by atoms with Crippen LogP contribution in [0.2, 0.25) is 0 Å². The molecule has 2 saturated carbocycles. The van der Waals surface area contributed by atoms with Gasteiger partial charge < -0.3 is 4.90 Å². The van der Waals surface area contributed by atoms with Gasteiger partial charge in [-0.05, 0) is 60.5 Å². The van der Waals surface area contributed by atoms with E-state index >= 15 is 0 Å². The van der Waals surface area contributed by atoms with E-state index in [1.54, 1.807) is 5.56 Å². The van der Waals surface area contributed by atoms with Gasteiger partial charge in [0, 0.05) is 37.9 Å². The van der Waals surface area contributed by atoms with Crippen molar-refractivity contribution in [3.63, 3.8) is 0 Å². The standard InChI is InChI=1S/C27H44N2.ClH/c1-26(2)19-22(20-27(3,4)21-26)24-13-9-10-14-25(24)29-17-15-28(16-18-29)23-11-7-5-6-8-12-23;/h9-10,13-14,22-23H,5-8,11-12,15-21H2,1-4H3;1H. The molecule has 1 aliphatic heterocycles. The van der Waals surface area contributed by atoms with Gasteiger partial charge in [0.15, 0.2) is 0 Å². The summed E-state index contributed by atoms with van der Waals surface area (Å²) in [6, 6.07) is 10.2. The SMILES string of the molecule is CC1(C)CC(c2ccccc2N2CCN(C3CCCCCC3)CC2)CC(C)(C)C1.Cl. The van der Waals surface area contributed by atoms with E-state index in [-0.39, 0.29) is 12.4 Å². The topological polar surface area (TPSA) is 6.48 Å². The molecule has 1 aromatic rings. The molecule has 1 heterocycles. The molecule has 0 spiro atoms. The van der Waals surface area contributed by atoms with Crippen LogP contribution in [0.5, 0.6) is 0 Å². The molecule has 1 saturated heterocycles. The van der Waals surface area contributed by atoms with Crippen LogP contribution >= 0.6 is 12.4 Å². The lowest BCUT2D eigenvalue weighted by Crippen LogP contribution is -2.50. The van der Waals surface area contributed by atoms with Gasteiger partial charge in [-0.2, -0.15) is 0 Å². The highest BCUT2D eigenvalue weighted by molar-refractivity contribution is 5.85. The number of benzene rings is 1. The molecule has 0 aromatic heterocycles. The highest BCUT2D eigenvalue weighted by Crippen LogP contribution is 2.53. The first-order valence-electron chi connectivity index (χ1n) is 12.4. The largest absolute Gasteiger partial charge is 0.369 e. The van der Waals surface area contributed by atoms with Crippen LogP contribution in [0.4, 0.5) is 5.69 Å². The molecular weight excluding hydrogens is 388 g/mol. The molecule has 0 atom stereocenters. The predicted molar refractivity (Wildman–Crippen MR) is 133 cm³/mol. The fourth-order valence-electron chi connectivity index (χ4n) is 7.14. The van der Waals surface area contributed by atoms with Crippen molar-refractivity contribution < 1.29 is 0 Å². The highest BCUT2D eigenvalue weighted by Gasteiger charge is 2.40. The van der Waals surface area contributed by atoms with Crippen LogP contribution in [-0.4, -0.2) is 37.1 Å². The van der Waals surface area contributed by atoms with Crippen LogP contribution in [-0.2, 0) is 0 Å². The highest BCUT2D eigenvalue weighted by atomic mass is 35.5. The van der Waals surface area contributed by atoms with Crippen LogP contribution in [0, 0.1) is 10.8 Å². The smallest absolute Gasteiger partial charge is 0.0402 e.